The number of hydrogen-bond donors (Lipinski definition) is 1. The Kier molecular flexibility index (Phi) is 5.08. The van der Waals surface area contributed by atoms with Crippen LogP contribution in [0, 0.1) is 0 Å². The van der Waals surface area contributed by atoms with E-state index in [1.54, 1.807) is 26.1 Å². The first-order valence-corrected chi connectivity index (χ1v) is 9.22. The number of carbonyl (C=O) groups excluding carboxylic acids is 1. The lowest BCUT2D eigenvalue weighted by Crippen LogP contribution is -2.22. The summed E-state index contributed by atoms with van der Waals surface area (Å²) in [4.78, 5) is 28.4. The van der Waals surface area contributed by atoms with Gasteiger partial charge in [0.1, 0.15) is 6.54 Å². The van der Waals surface area contributed by atoms with E-state index in [9.17, 15) is 14.7 Å². The normalized spacial score (nSPS) is 14.2. The number of carbonyl (C=O) groups is 1. The molecule has 136 valence electrons. The van der Waals surface area contributed by atoms with Crippen molar-refractivity contribution in [1.82, 2.24) is 4.57 Å². The van der Waals surface area contributed by atoms with Gasteiger partial charge in [0.25, 0.3) is 0 Å². The summed E-state index contributed by atoms with van der Waals surface area (Å²) < 4.78 is 6.06. The number of aliphatic imine (C=N–C) groups is 1. The number of aryl methyl sites for hydroxylation is 1. The molecule has 0 amide bonds. The van der Waals surface area contributed by atoms with Gasteiger partial charge in [0.15, 0.2) is 0 Å². The van der Waals surface area contributed by atoms with Gasteiger partial charge in [0, 0.05) is 17.4 Å². The third-order valence-corrected chi connectivity index (χ3v) is 4.89. The molecule has 0 saturated heterocycles. The molecule has 6 nitrogen and oxygen atoms in total. The molecule has 1 aromatic heterocycles. The lowest BCUT2D eigenvalue weighted by atomic mass is 10.0. The van der Waals surface area contributed by atoms with Crippen LogP contribution in [0.1, 0.15) is 36.8 Å². The maximum Gasteiger partial charge on any atom is 0.326 e. The summed E-state index contributed by atoms with van der Waals surface area (Å²) in [5, 5.41) is 10.4. The molecule has 0 fully saturated rings. The van der Waals surface area contributed by atoms with E-state index in [1.807, 2.05) is 18.2 Å². The van der Waals surface area contributed by atoms with Crippen molar-refractivity contribution in [3.05, 3.63) is 43.9 Å². The molecule has 3 rings (SSSR count). The first-order valence-electron chi connectivity index (χ1n) is 8.40. The average Bonchev–Trinajstić information content (AvgIpc) is 3.11. The Labute approximate surface area is 155 Å². The Morgan fingerprint density at radius 1 is 1.42 bits per heavy atom. The van der Waals surface area contributed by atoms with E-state index in [1.165, 1.54) is 0 Å². The van der Waals surface area contributed by atoms with E-state index in [2.05, 4.69) is 11.9 Å². The van der Waals surface area contributed by atoms with Gasteiger partial charge in [-0.2, -0.15) is 0 Å². The highest BCUT2D eigenvalue weighted by atomic mass is 32.1. The zero-order valence-corrected chi connectivity index (χ0v) is 15.7. The Morgan fingerprint density at radius 2 is 2.19 bits per heavy atom. The lowest BCUT2D eigenvalue weighted by Gasteiger charge is -2.08. The first-order chi connectivity index (χ1) is 12.4. The number of ether oxygens (including phenoxy) is 1. The second kappa shape index (κ2) is 7.29. The highest BCUT2D eigenvalue weighted by Crippen LogP contribution is 2.37. The number of para-hydroxylation sites is 1. The molecule has 0 spiro atoms. The molecule has 1 aliphatic rings. The van der Waals surface area contributed by atoms with Gasteiger partial charge in [-0.25, -0.2) is 0 Å². The molecule has 2 aromatic rings. The van der Waals surface area contributed by atoms with Gasteiger partial charge in [-0.3, -0.25) is 19.1 Å². The van der Waals surface area contributed by atoms with Crippen molar-refractivity contribution in [2.45, 2.75) is 39.8 Å². The SMILES string of the molecule is CCc1cccc2c1N=C/C2=C\c1sc(=O)n(CC(=O)OC(C)C)c1O. The molecule has 0 radical (unpaired) electrons. The fourth-order valence-corrected chi connectivity index (χ4v) is 3.64. The number of allylic oxidation sites excluding steroid dienone is 1. The maximum atomic E-state index is 12.2. The summed E-state index contributed by atoms with van der Waals surface area (Å²) >= 11 is 0.885. The average molecular weight is 372 g/mol. The van der Waals surface area contributed by atoms with Gasteiger partial charge in [-0.15, -0.1) is 0 Å². The second-order valence-electron chi connectivity index (χ2n) is 6.21. The van der Waals surface area contributed by atoms with Crippen LogP contribution in [0.4, 0.5) is 5.69 Å². The lowest BCUT2D eigenvalue weighted by molar-refractivity contribution is -0.148. The van der Waals surface area contributed by atoms with Crippen LogP contribution in [0.25, 0.3) is 11.6 Å². The van der Waals surface area contributed by atoms with Crippen LogP contribution in [0.15, 0.2) is 28.0 Å². The predicted molar refractivity (Wildman–Crippen MR) is 103 cm³/mol. The smallest absolute Gasteiger partial charge is 0.326 e. The summed E-state index contributed by atoms with van der Waals surface area (Å²) in [6.45, 7) is 5.21. The molecule has 26 heavy (non-hydrogen) atoms. The van der Waals surface area contributed by atoms with Crippen molar-refractivity contribution >= 4 is 40.9 Å². The highest BCUT2D eigenvalue weighted by molar-refractivity contribution is 7.10. The number of rotatable bonds is 5. The quantitative estimate of drug-likeness (QED) is 0.816. The van der Waals surface area contributed by atoms with E-state index < -0.39 is 10.8 Å². The summed E-state index contributed by atoms with van der Waals surface area (Å²) in [5.41, 5.74) is 3.86. The van der Waals surface area contributed by atoms with Crippen LogP contribution in [-0.4, -0.2) is 28.0 Å². The molecule has 1 N–H and O–H groups in total. The van der Waals surface area contributed by atoms with Gasteiger partial charge in [0.05, 0.1) is 16.7 Å². The number of aromatic nitrogens is 1. The monoisotopic (exact) mass is 372 g/mol. The standard InChI is InChI=1S/C19H20N2O4S/c1-4-12-6-5-7-14-13(9-20-17(12)14)8-15-18(23)21(19(24)26-15)10-16(22)25-11(2)3/h5-9,11,23H,4,10H2,1-3H3/b13-8+. The molecule has 0 unspecified atom stereocenters. The van der Waals surface area contributed by atoms with Crippen LogP contribution < -0.4 is 4.87 Å². The van der Waals surface area contributed by atoms with Gasteiger partial charge in [-0.1, -0.05) is 36.5 Å². The van der Waals surface area contributed by atoms with Crippen LogP contribution in [-0.2, 0) is 22.5 Å². The Morgan fingerprint density at radius 3 is 2.88 bits per heavy atom. The van der Waals surface area contributed by atoms with Crippen LogP contribution in [0.2, 0.25) is 0 Å². The van der Waals surface area contributed by atoms with Crippen molar-refractivity contribution in [3.8, 4) is 5.88 Å². The van der Waals surface area contributed by atoms with Crippen LogP contribution >= 0.6 is 11.3 Å². The number of esters is 1. The van der Waals surface area contributed by atoms with Crippen molar-refractivity contribution in [3.63, 3.8) is 0 Å². The summed E-state index contributed by atoms with van der Waals surface area (Å²) in [6.07, 6.45) is 4.05. The van der Waals surface area contributed by atoms with E-state index >= 15 is 0 Å². The van der Waals surface area contributed by atoms with Crippen LogP contribution in [0.3, 0.4) is 0 Å². The van der Waals surface area contributed by atoms with Gasteiger partial charge < -0.3 is 9.84 Å². The Hall–Kier alpha value is -2.67. The van der Waals surface area contributed by atoms with Crippen LogP contribution in [0.5, 0.6) is 5.88 Å². The molecule has 1 aromatic carbocycles. The largest absolute Gasteiger partial charge is 0.493 e. The minimum Gasteiger partial charge on any atom is -0.493 e. The molecule has 1 aliphatic heterocycles. The Bertz CT molecular complexity index is 966. The van der Waals surface area contributed by atoms with Crippen molar-refractivity contribution in [1.29, 1.82) is 0 Å². The van der Waals surface area contributed by atoms with E-state index in [-0.39, 0.29) is 18.5 Å². The third kappa shape index (κ3) is 3.48. The molecule has 2 heterocycles. The van der Waals surface area contributed by atoms with E-state index in [4.69, 9.17) is 4.74 Å². The summed E-state index contributed by atoms with van der Waals surface area (Å²) in [7, 11) is 0. The second-order valence-corrected chi connectivity index (χ2v) is 7.20. The van der Waals surface area contributed by atoms with Gasteiger partial charge in [-0.05, 0) is 31.9 Å². The summed E-state index contributed by atoms with van der Waals surface area (Å²) in [6, 6.07) is 5.96. The number of thiazole rings is 1. The molecule has 0 saturated carbocycles. The third-order valence-electron chi connectivity index (χ3n) is 3.98. The zero-order valence-electron chi connectivity index (χ0n) is 14.9. The molecular weight excluding hydrogens is 352 g/mol. The minimum atomic E-state index is -0.560. The molecule has 0 atom stereocenters. The Balaban J connectivity index is 1.93. The molecule has 7 heteroatoms. The molecule has 0 bridgehead atoms. The highest BCUT2D eigenvalue weighted by Gasteiger charge is 2.19. The first kappa shape index (κ1) is 18.1. The van der Waals surface area contributed by atoms with Gasteiger partial charge in [0.2, 0.25) is 5.88 Å². The van der Waals surface area contributed by atoms with Gasteiger partial charge >= 0.3 is 10.8 Å². The number of aromatic hydroxyl groups is 1. The van der Waals surface area contributed by atoms with Crippen molar-refractivity contribution in [2.75, 3.05) is 0 Å². The fourth-order valence-electron chi connectivity index (χ4n) is 2.80. The van der Waals surface area contributed by atoms with E-state index in [0.717, 1.165) is 44.7 Å². The predicted octanol–water partition coefficient (Wildman–Crippen LogP) is 3.39. The number of hydrogen-bond acceptors (Lipinski definition) is 6. The topological polar surface area (TPSA) is 80.9 Å². The summed E-state index contributed by atoms with van der Waals surface area (Å²) in [5.74, 6) is -0.795. The van der Waals surface area contributed by atoms with Crippen molar-refractivity contribution < 1.29 is 14.6 Å². The number of benzene rings is 1. The maximum absolute atomic E-state index is 12.2. The fraction of sp³-hybridized carbons (Fsp3) is 0.316. The number of fused-ring (bicyclic) bond motifs is 1. The van der Waals surface area contributed by atoms with E-state index in [0.29, 0.717) is 4.88 Å². The number of nitrogens with zero attached hydrogens (tertiary/aromatic N) is 2. The minimum absolute atomic E-state index is 0.235. The molecule has 0 aliphatic carbocycles. The molecular formula is C19H20N2O4S. The van der Waals surface area contributed by atoms with Crippen molar-refractivity contribution in [2.24, 2.45) is 4.99 Å². The zero-order chi connectivity index (χ0) is 18.8.